The van der Waals surface area contributed by atoms with E-state index < -0.39 is 0 Å². The van der Waals surface area contributed by atoms with Gasteiger partial charge in [0.1, 0.15) is 5.75 Å². The molecule has 0 amide bonds. The maximum Gasteiger partial charge on any atom is 0.119 e. The van der Waals surface area contributed by atoms with Gasteiger partial charge in [0.05, 0.1) is 7.11 Å². The number of hydrogen-bond donors (Lipinski definition) is 1. The SMILES string of the molecule is COc1cccc(C(CCCN)N(C)C)c1. The fraction of sp³-hybridized carbons (Fsp3) is 0.538. The average Bonchev–Trinajstić information content (AvgIpc) is 2.29. The Bertz CT molecular complexity index is 313. The minimum Gasteiger partial charge on any atom is -0.497 e. The summed E-state index contributed by atoms with van der Waals surface area (Å²) >= 11 is 0. The molecule has 0 aromatic heterocycles. The predicted molar refractivity (Wildman–Crippen MR) is 67.7 cm³/mol. The molecule has 3 nitrogen and oxygen atoms in total. The van der Waals surface area contributed by atoms with E-state index in [9.17, 15) is 0 Å². The smallest absolute Gasteiger partial charge is 0.119 e. The topological polar surface area (TPSA) is 38.5 Å². The molecule has 0 bridgehead atoms. The lowest BCUT2D eigenvalue weighted by atomic mass is 10.0. The van der Waals surface area contributed by atoms with E-state index in [1.54, 1.807) is 7.11 Å². The van der Waals surface area contributed by atoms with Gasteiger partial charge in [-0.05, 0) is 51.2 Å². The highest BCUT2D eigenvalue weighted by Gasteiger charge is 2.13. The summed E-state index contributed by atoms with van der Waals surface area (Å²) in [5.41, 5.74) is 6.86. The van der Waals surface area contributed by atoms with E-state index in [-0.39, 0.29) is 0 Å². The highest BCUT2D eigenvalue weighted by molar-refractivity contribution is 5.30. The molecule has 2 N–H and O–H groups in total. The molecule has 0 saturated carbocycles. The van der Waals surface area contributed by atoms with E-state index in [1.807, 2.05) is 12.1 Å². The Morgan fingerprint density at radius 3 is 2.69 bits per heavy atom. The minimum atomic E-state index is 0.415. The summed E-state index contributed by atoms with van der Waals surface area (Å²) in [7, 11) is 5.89. The number of rotatable bonds is 6. The number of nitrogens with zero attached hydrogens (tertiary/aromatic N) is 1. The van der Waals surface area contributed by atoms with Crippen LogP contribution in [0, 0.1) is 0 Å². The number of benzene rings is 1. The van der Waals surface area contributed by atoms with Gasteiger partial charge in [0, 0.05) is 6.04 Å². The zero-order chi connectivity index (χ0) is 12.0. The minimum absolute atomic E-state index is 0.415. The summed E-state index contributed by atoms with van der Waals surface area (Å²) < 4.78 is 5.25. The van der Waals surface area contributed by atoms with Crippen LogP contribution in [0.15, 0.2) is 24.3 Å². The average molecular weight is 222 g/mol. The monoisotopic (exact) mass is 222 g/mol. The molecule has 90 valence electrons. The lowest BCUT2D eigenvalue weighted by Gasteiger charge is -2.25. The number of hydrogen-bond acceptors (Lipinski definition) is 3. The molecular formula is C13H22N2O. The van der Waals surface area contributed by atoms with Crippen molar-refractivity contribution in [2.45, 2.75) is 18.9 Å². The molecule has 1 aromatic rings. The second kappa shape index (κ2) is 6.51. The molecule has 0 fully saturated rings. The van der Waals surface area contributed by atoms with Gasteiger partial charge in [-0.15, -0.1) is 0 Å². The number of methoxy groups -OCH3 is 1. The zero-order valence-electron chi connectivity index (χ0n) is 10.4. The van der Waals surface area contributed by atoms with Crippen LogP contribution in [0.25, 0.3) is 0 Å². The van der Waals surface area contributed by atoms with Gasteiger partial charge in [-0.3, -0.25) is 0 Å². The Balaban J connectivity index is 2.82. The van der Waals surface area contributed by atoms with Gasteiger partial charge in [-0.25, -0.2) is 0 Å². The van der Waals surface area contributed by atoms with E-state index in [1.165, 1.54) is 5.56 Å². The summed E-state index contributed by atoms with van der Waals surface area (Å²) in [5, 5.41) is 0. The van der Waals surface area contributed by atoms with Crippen molar-refractivity contribution in [3.05, 3.63) is 29.8 Å². The summed E-state index contributed by atoms with van der Waals surface area (Å²) in [6.45, 7) is 0.744. The lowest BCUT2D eigenvalue weighted by Crippen LogP contribution is -2.20. The first-order valence-corrected chi connectivity index (χ1v) is 5.69. The van der Waals surface area contributed by atoms with Gasteiger partial charge in [-0.1, -0.05) is 12.1 Å². The standard InChI is InChI=1S/C13H22N2O/c1-15(2)13(8-5-9-14)11-6-4-7-12(10-11)16-3/h4,6-7,10,13H,5,8-9,14H2,1-3H3. The van der Waals surface area contributed by atoms with E-state index >= 15 is 0 Å². The molecule has 1 unspecified atom stereocenters. The predicted octanol–water partition coefficient (Wildman–Crippen LogP) is 2.04. The second-order valence-electron chi connectivity index (χ2n) is 4.19. The van der Waals surface area contributed by atoms with Crippen LogP contribution in [-0.2, 0) is 0 Å². The third-order valence-corrected chi connectivity index (χ3v) is 2.78. The van der Waals surface area contributed by atoms with Crippen molar-refractivity contribution < 1.29 is 4.74 Å². The van der Waals surface area contributed by atoms with Crippen LogP contribution in [0.2, 0.25) is 0 Å². The van der Waals surface area contributed by atoms with Gasteiger partial charge in [0.15, 0.2) is 0 Å². The van der Waals surface area contributed by atoms with Crippen molar-refractivity contribution in [1.82, 2.24) is 4.90 Å². The molecular weight excluding hydrogens is 200 g/mol. The molecule has 3 heteroatoms. The highest BCUT2D eigenvalue weighted by Crippen LogP contribution is 2.26. The molecule has 0 heterocycles. The first-order chi connectivity index (χ1) is 7.69. The van der Waals surface area contributed by atoms with Gasteiger partial charge in [-0.2, -0.15) is 0 Å². The third kappa shape index (κ3) is 3.51. The Hall–Kier alpha value is -1.06. The van der Waals surface area contributed by atoms with Crippen LogP contribution in [0.3, 0.4) is 0 Å². The molecule has 0 aliphatic rings. The molecule has 0 aliphatic heterocycles. The fourth-order valence-electron chi connectivity index (χ4n) is 1.88. The van der Waals surface area contributed by atoms with Crippen molar-refractivity contribution in [3.8, 4) is 5.75 Å². The Morgan fingerprint density at radius 2 is 2.12 bits per heavy atom. The molecule has 0 radical (unpaired) electrons. The highest BCUT2D eigenvalue weighted by atomic mass is 16.5. The van der Waals surface area contributed by atoms with Crippen molar-refractivity contribution in [3.63, 3.8) is 0 Å². The summed E-state index contributed by atoms with van der Waals surface area (Å²) in [5.74, 6) is 0.914. The van der Waals surface area contributed by atoms with Crippen molar-refractivity contribution in [2.75, 3.05) is 27.7 Å². The number of ether oxygens (including phenoxy) is 1. The van der Waals surface area contributed by atoms with Crippen molar-refractivity contribution in [1.29, 1.82) is 0 Å². The Kier molecular flexibility index (Phi) is 5.29. The van der Waals surface area contributed by atoms with E-state index in [0.29, 0.717) is 6.04 Å². The van der Waals surface area contributed by atoms with Crippen LogP contribution >= 0.6 is 0 Å². The molecule has 0 spiro atoms. The molecule has 1 rings (SSSR count). The maximum absolute atomic E-state index is 5.57. The Labute approximate surface area is 98.2 Å². The molecule has 0 aliphatic carbocycles. The normalized spacial score (nSPS) is 12.8. The van der Waals surface area contributed by atoms with Gasteiger partial charge < -0.3 is 15.4 Å². The Morgan fingerprint density at radius 1 is 1.38 bits per heavy atom. The molecule has 1 atom stereocenters. The summed E-state index contributed by atoms with van der Waals surface area (Å²) in [4.78, 5) is 2.23. The van der Waals surface area contributed by atoms with Crippen molar-refractivity contribution in [2.24, 2.45) is 5.73 Å². The van der Waals surface area contributed by atoms with Crippen LogP contribution in [0.4, 0.5) is 0 Å². The number of nitrogens with two attached hydrogens (primary N) is 1. The first kappa shape index (κ1) is 13.0. The van der Waals surface area contributed by atoms with Crippen LogP contribution < -0.4 is 10.5 Å². The summed E-state index contributed by atoms with van der Waals surface area (Å²) in [6, 6.07) is 8.66. The lowest BCUT2D eigenvalue weighted by molar-refractivity contribution is 0.279. The largest absolute Gasteiger partial charge is 0.497 e. The quantitative estimate of drug-likeness (QED) is 0.800. The van der Waals surface area contributed by atoms with E-state index in [0.717, 1.165) is 25.1 Å². The fourth-order valence-corrected chi connectivity index (χ4v) is 1.88. The molecule has 0 saturated heterocycles. The third-order valence-electron chi connectivity index (χ3n) is 2.78. The van der Waals surface area contributed by atoms with E-state index in [2.05, 4.69) is 31.1 Å². The first-order valence-electron chi connectivity index (χ1n) is 5.69. The van der Waals surface area contributed by atoms with E-state index in [4.69, 9.17) is 10.5 Å². The van der Waals surface area contributed by atoms with Crippen LogP contribution in [0.1, 0.15) is 24.4 Å². The van der Waals surface area contributed by atoms with Crippen LogP contribution in [-0.4, -0.2) is 32.6 Å². The van der Waals surface area contributed by atoms with Gasteiger partial charge in [0.25, 0.3) is 0 Å². The van der Waals surface area contributed by atoms with Gasteiger partial charge in [0.2, 0.25) is 0 Å². The molecule has 1 aromatic carbocycles. The molecule has 16 heavy (non-hydrogen) atoms. The van der Waals surface area contributed by atoms with Crippen molar-refractivity contribution >= 4 is 0 Å². The maximum atomic E-state index is 5.57. The summed E-state index contributed by atoms with van der Waals surface area (Å²) in [6.07, 6.45) is 2.12. The second-order valence-corrected chi connectivity index (χ2v) is 4.19. The van der Waals surface area contributed by atoms with Gasteiger partial charge >= 0.3 is 0 Å². The zero-order valence-corrected chi connectivity index (χ0v) is 10.4. The van der Waals surface area contributed by atoms with Crippen LogP contribution in [0.5, 0.6) is 5.75 Å².